The van der Waals surface area contributed by atoms with Crippen molar-refractivity contribution < 1.29 is 9.90 Å². The number of carbonyl (C=O) groups is 1. The molecule has 1 amide bonds. The molecule has 7 nitrogen and oxygen atoms in total. The number of hydrogen-bond donors (Lipinski definition) is 2. The second-order valence-electron chi connectivity index (χ2n) is 6.67. The van der Waals surface area contributed by atoms with E-state index in [4.69, 9.17) is 0 Å². The van der Waals surface area contributed by atoms with Gasteiger partial charge in [-0.2, -0.15) is 4.80 Å². The number of carbonyl (C=O) groups excluding carboxylic acids is 1. The van der Waals surface area contributed by atoms with Crippen LogP contribution < -0.4 is 5.32 Å². The first-order valence-electron chi connectivity index (χ1n) is 8.95. The van der Waals surface area contributed by atoms with E-state index in [1.54, 1.807) is 6.92 Å². The Balaban J connectivity index is 1.67. The van der Waals surface area contributed by atoms with Crippen LogP contribution in [-0.4, -0.2) is 43.9 Å². The lowest BCUT2D eigenvalue weighted by Gasteiger charge is -2.25. The maximum absolute atomic E-state index is 12.6. The highest BCUT2D eigenvalue weighted by molar-refractivity contribution is 5.80. The summed E-state index contributed by atoms with van der Waals surface area (Å²) in [5, 5.41) is 25.1. The molecule has 25 heavy (non-hydrogen) atoms. The van der Waals surface area contributed by atoms with Crippen LogP contribution in [0.1, 0.15) is 45.1 Å². The number of amides is 1. The molecule has 1 aromatic carbocycles. The van der Waals surface area contributed by atoms with Gasteiger partial charge in [-0.1, -0.05) is 49.6 Å². The molecule has 1 aromatic heterocycles. The predicted octanol–water partition coefficient (Wildman–Crippen LogP) is 1.96. The highest BCUT2D eigenvalue weighted by Gasteiger charge is 2.27. The zero-order valence-corrected chi connectivity index (χ0v) is 14.5. The number of tetrazole rings is 1. The monoisotopic (exact) mass is 343 g/mol. The molecule has 0 spiro atoms. The van der Waals surface area contributed by atoms with Crippen molar-refractivity contribution in [3.63, 3.8) is 0 Å². The van der Waals surface area contributed by atoms with Crippen LogP contribution in [0.25, 0.3) is 11.4 Å². The van der Waals surface area contributed by atoms with Crippen LogP contribution in [0.4, 0.5) is 0 Å². The molecule has 7 heteroatoms. The molecule has 2 aromatic rings. The van der Waals surface area contributed by atoms with Crippen molar-refractivity contribution in [2.75, 3.05) is 6.61 Å². The minimum Gasteiger partial charge on any atom is -0.396 e. The summed E-state index contributed by atoms with van der Waals surface area (Å²) in [5.41, 5.74) is 0.866. The van der Waals surface area contributed by atoms with Gasteiger partial charge in [-0.05, 0) is 25.0 Å². The average molecular weight is 343 g/mol. The van der Waals surface area contributed by atoms with Crippen molar-refractivity contribution in [2.45, 2.75) is 51.1 Å². The van der Waals surface area contributed by atoms with E-state index >= 15 is 0 Å². The van der Waals surface area contributed by atoms with Crippen molar-refractivity contribution in [3.8, 4) is 11.4 Å². The van der Waals surface area contributed by atoms with Crippen molar-refractivity contribution in [1.29, 1.82) is 0 Å². The van der Waals surface area contributed by atoms with Crippen molar-refractivity contribution in [2.24, 2.45) is 5.92 Å². The third-order valence-corrected chi connectivity index (χ3v) is 4.91. The first kappa shape index (κ1) is 17.5. The summed E-state index contributed by atoms with van der Waals surface area (Å²) in [6.45, 7) is 1.87. The summed E-state index contributed by atoms with van der Waals surface area (Å²) in [4.78, 5) is 14.0. The molecule has 2 N–H and O–H groups in total. The molecule has 0 aliphatic heterocycles. The van der Waals surface area contributed by atoms with E-state index in [1.165, 1.54) is 4.80 Å². The van der Waals surface area contributed by atoms with E-state index in [1.807, 2.05) is 30.3 Å². The highest BCUT2D eigenvalue weighted by atomic mass is 16.3. The topological polar surface area (TPSA) is 92.9 Å². The van der Waals surface area contributed by atoms with Gasteiger partial charge in [0, 0.05) is 24.1 Å². The number of aliphatic hydroxyl groups is 1. The third-order valence-electron chi connectivity index (χ3n) is 4.91. The third kappa shape index (κ3) is 4.22. The number of nitrogens with zero attached hydrogens (tertiary/aromatic N) is 4. The summed E-state index contributed by atoms with van der Waals surface area (Å²) >= 11 is 0. The van der Waals surface area contributed by atoms with Gasteiger partial charge < -0.3 is 10.4 Å². The van der Waals surface area contributed by atoms with Gasteiger partial charge in [-0.15, -0.1) is 10.2 Å². The minimum atomic E-state index is -0.549. The fourth-order valence-corrected chi connectivity index (χ4v) is 3.29. The first-order valence-corrected chi connectivity index (χ1v) is 8.95. The van der Waals surface area contributed by atoms with E-state index in [2.05, 4.69) is 20.7 Å². The molecule has 0 radical (unpaired) electrons. The van der Waals surface area contributed by atoms with Crippen LogP contribution in [0.15, 0.2) is 30.3 Å². The maximum Gasteiger partial charge on any atom is 0.246 e. The zero-order valence-electron chi connectivity index (χ0n) is 14.5. The lowest BCUT2D eigenvalue weighted by Crippen LogP contribution is -2.44. The van der Waals surface area contributed by atoms with Crippen molar-refractivity contribution in [3.05, 3.63) is 30.3 Å². The van der Waals surface area contributed by atoms with E-state index in [0.29, 0.717) is 5.82 Å². The quantitative estimate of drug-likeness (QED) is 0.810. The van der Waals surface area contributed by atoms with Crippen LogP contribution in [0.2, 0.25) is 0 Å². The van der Waals surface area contributed by atoms with Gasteiger partial charge >= 0.3 is 0 Å². The Hall–Kier alpha value is -2.28. The Bertz CT molecular complexity index is 688. The number of aromatic nitrogens is 4. The minimum absolute atomic E-state index is 0.0135. The summed E-state index contributed by atoms with van der Waals surface area (Å²) in [6.07, 6.45) is 5.20. The fourth-order valence-electron chi connectivity index (χ4n) is 3.29. The van der Waals surface area contributed by atoms with Crippen LogP contribution in [0, 0.1) is 5.92 Å². The molecule has 3 rings (SSSR count). The van der Waals surface area contributed by atoms with Crippen molar-refractivity contribution >= 4 is 5.91 Å². The lowest BCUT2D eigenvalue weighted by atomic mass is 9.95. The number of benzene rings is 1. The largest absolute Gasteiger partial charge is 0.396 e. The second-order valence-corrected chi connectivity index (χ2v) is 6.67. The standard InChI is InChI=1S/C18H25N5O2/c1-13(18(25)19-16-11-7-3-6-10-15(16)12-24)23-21-17(20-22-23)14-8-4-2-5-9-14/h2,4-5,8-9,13,15-16,24H,3,6-7,10-12H2,1H3,(H,19,25). The molecule has 1 fully saturated rings. The molecule has 3 unspecified atom stereocenters. The summed E-state index contributed by atoms with van der Waals surface area (Å²) < 4.78 is 0. The first-order chi connectivity index (χ1) is 12.2. The average Bonchev–Trinajstić information content (AvgIpc) is 3.03. The van der Waals surface area contributed by atoms with Gasteiger partial charge in [0.15, 0.2) is 0 Å². The molecule has 1 heterocycles. The zero-order chi connectivity index (χ0) is 17.6. The number of aliphatic hydroxyl groups excluding tert-OH is 1. The van der Waals surface area contributed by atoms with E-state index in [9.17, 15) is 9.90 Å². The molecule has 134 valence electrons. The highest BCUT2D eigenvalue weighted by Crippen LogP contribution is 2.23. The van der Waals surface area contributed by atoms with Gasteiger partial charge in [0.1, 0.15) is 6.04 Å². The Kier molecular flexibility index (Phi) is 5.75. The molecular formula is C18H25N5O2. The molecule has 1 saturated carbocycles. The molecule has 1 aliphatic rings. The summed E-state index contributed by atoms with van der Waals surface area (Å²) in [6, 6.07) is 9.02. The van der Waals surface area contributed by atoms with Gasteiger partial charge in [0.2, 0.25) is 11.7 Å². The molecule has 3 atom stereocenters. The molecule has 0 saturated heterocycles. The van der Waals surface area contributed by atoms with Gasteiger partial charge in [-0.25, -0.2) is 0 Å². The van der Waals surface area contributed by atoms with Crippen LogP contribution in [0.3, 0.4) is 0 Å². The van der Waals surface area contributed by atoms with Crippen LogP contribution in [-0.2, 0) is 4.79 Å². The molecule has 1 aliphatic carbocycles. The fraction of sp³-hybridized carbons (Fsp3) is 0.556. The number of nitrogens with one attached hydrogen (secondary N) is 1. The predicted molar refractivity (Wildman–Crippen MR) is 93.6 cm³/mol. The molecule has 0 bridgehead atoms. The normalized spacial score (nSPS) is 22.2. The smallest absolute Gasteiger partial charge is 0.246 e. The SMILES string of the molecule is CC(C(=O)NC1CCCCCC1CO)n1nnc(-c2ccccc2)n1. The van der Waals surface area contributed by atoms with Gasteiger partial charge in [-0.3, -0.25) is 4.79 Å². The molecular weight excluding hydrogens is 318 g/mol. The Morgan fingerprint density at radius 1 is 1.28 bits per heavy atom. The van der Waals surface area contributed by atoms with E-state index in [0.717, 1.165) is 37.7 Å². The van der Waals surface area contributed by atoms with Gasteiger partial charge in [0.05, 0.1) is 0 Å². The van der Waals surface area contributed by atoms with Crippen molar-refractivity contribution in [1.82, 2.24) is 25.5 Å². The summed E-state index contributed by atoms with van der Waals surface area (Å²) in [7, 11) is 0. The Labute approximate surface area is 147 Å². The Morgan fingerprint density at radius 3 is 2.80 bits per heavy atom. The van der Waals surface area contributed by atoms with E-state index in [-0.39, 0.29) is 24.5 Å². The Morgan fingerprint density at radius 2 is 2.04 bits per heavy atom. The van der Waals surface area contributed by atoms with Crippen LogP contribution in [0.5, 0.6) is 0 Å². The van der Waals surface area contributed by atoms with E-state index < -0.39 is 6.04 Å². The maximum atomic E-state index is 12.6. The van der Waals surface area contributed by atoms with Crippen LogP contribution >= 0.6 is 0 Å². The lowest BCUT2D eigenvalue weighted by molar-refractivity contribution is -0.125. The van der Waals surface area contributed by atoms with Gasteiger partial charge in [0.25, 0.3) is 0 Å². The number of hydrogen-bond acceptors (Lipinski definition) is 5. The number of rotatable bonds is 5. The summed E-state index contributed by atoms with van der Waals surface area (Å²) in [5.74, 6) is 0.493. The second kappa shape index (κ2) is 8.20.